The van der Waals surface area contributed by atoms with Gasteiger partial charge in [0.05, 0.1) is 0 Å². The molecule has 94 valence electrons. The summed E-state index contributed by atoms with van der Waals surface area (Å²) < 4.78 is 32.8. The lowest BCUT2D eigenvalue weighted by molar-refractivity contribution is 0.166. The van der Waals surface area contributed by atoms with Crippen LogP contribution in [0.1, 0.15) is 19.8 Å². The Morgan fingerprint density at radius 1 is 1.41 bits per heavy atom. The van der Waals surface area contributed by atoms with Gasteiger partial charge in [-0.1, -0.05) is 22.9 Å². The highest BCUT2D eigenvalue weighted by Gasteiger charge is 2.45. The van der Waals surface area contributed by atoms with Crippen LogP contribution in [0.25, 0.3) is 0 Å². The van der Waals surface area contributed by atoms with Gasteiger partial charge < -0.3 is 10.1 Å². The van der Waals surface area contributed by atoms with E-state index >= 15 is 0 Å². The fourth-order valence-electron chi connectivity index (χ4n) is 1.65. The molecular formula is C12H14BrF2NO. The predicted molar refractivity (Wildman–Crippen MR) is 65.2 cm³/mol. The van der Waals surface area contributed by atoms with E-state index in [-0.39, 0.29) is 11.4 Å². The highest BCUT2D eigenvalue weighted by Crippen LogP contribution is 2.41. The zero-order valence-electron chi connectivity index (χ0n) is 9.53. The van der Waals surface area contributed by atoms with Crippen molar-refractivity contribution in [2.24, 2.45) is 0 Å². The summed E-state index contributed by atoms with van der Waals surface area (Å²) in [5.74, 6) is -1.84. The van der Waals surface area contributed by atoms with Crippen LogP contribution in [0, 0.1) is 11.6 Å². The van der Waals surface area contributed by atoms with Gasteiger partial charge in [-0.2, -0.15) is 4.39 Å². The lowest BCUT2D eigenvalue weighted by atomic mass is 10.3. The van der Waals surface area contributed by atoms with E-state index in [2.05, 4.69) is 21.2 Å². The first-order valence-electron chi connectivity index (χ1n) is 5.60. The molecule has 0 aliphatic heterocycles. The first-order valence-corrected chi connectivity index (χ1v) is 6.40. The Labute approximate surface area is 107 Å². The van der Waals surface area contributed by atoms with E-state index in [1.54, 1.807) is 0 Å². The number of hydrogen-bond donors (Lipinski definition) is 1. The summed E-state index contributed by atoms with van der Waals surface area (Å²) in [6.45, 7) is 3.49. The van der Waals surface area contributed by atoms with E-state index < -0.39 is 11.6 Å². The van der Waals surface area contributed by atoms with Gasteiger partial charge in [-0.05, 0) is 31.5 Å². The molecule has 1 fully saturated rings. The molecule has 0 unspecified atom stereocenters. The average Bonchev–Trinajstić information content (AvgIpc) is 3.03. The Bertz CT molecular complexity index is 421. The van der Waals surface area contributed by atoms with Crippen molar-refractivity contribution in [1.82, 2.24) is 5.32 Å². The molecule has 0 spiro atoms. The largest absolute Gasteiger partial charge is 0.483 e. The third-order valence-corrected chi connectivity index (χ3v) is 3.25. The number of hydrogen-bond acceptors (Lipinski definition) is 2. The summed E-state index contributed by atoms with van der Waals surface area (Å²) in [6, 6.07) is 2.55. The van der Waals surface area contributed by atoms with Crippen LogP contribution >= 0.6 is 15.9 Å². The van der Waals surface area contributed by atoms with Crippen LogP contribution in [0.3, 0.4) is 0 Å². The second-order valence-corrected chi connectivity index (χ2v) is 5.18. The van der Waals surface area contributed by atoms with Crippen molar-refractivity contribution in [1.29, 1.82) is 0 Å². The van der Waals surface area contributed by atoms with Gasteiger partial charge in [0.25, 0.3) is 0 Å². The van der Waals surface area contributed by atoms with E-state index in [1.807, 2.05) is 6.92 Å². The van der Waals surface area contributed by atoms with E-state index in [0.717, 1.165) is 25.5 Å². The Kier molecular flexibility index (Phi) is 3.68. The summed E-state index contributed by atoms with van der Waals surface area (Å²) in [6.07, 6.45) is 1.74. The molecule has 0 atom stereocenters. The minimum absolute atomic E-state index is 0.0210. The van der Waals surface area contributed by atoms with Crippen molar-refractivity contribution in [3.8, 4) is 5.75 Å². The van der Waals surface area contributed by atoms with Gasteiger partial charge in [0.2, 0.25) is 5.82 Å². The standard InChI is InChI=1S/C12H14BrF2NO/c1-2-16-7-12(3-4-12)17-10-6-8(13)5-9(14)11(10)15/h5-6,16H,2-4,7H2,1H3. The molecule has 2 rings (SSSR count). The van der Waals surface area contributed by atoms with E-state index in [0.29, 0.717) is 11.0 Å². The Hall–Kier alpha value is -0.680. The van der Waals surface area contributed by atoms with Gasteiger partial charge in [0.1, 0.15) is 5.60 Å². The molecule has 0 heterocycles. The third-order valence-electron chi connectivity index (χ3n) is 2.79. The smallest absolute Gasteiger partial charge is 0.200 e. The van der Waals surface area contributed by atoms with E-state index in [9.17, 15) is 8.78 Å². The van der Waals surface area contributed by atoms with Gasteiger partial charge in [-0.15, -0.1) is 0 Å². The highest BCUT2D eigenvalue weighted by atomic mass is 79.9. The first kappa shape index (κ1) is 12.8. The van der Waals surface area contributed by atoms with Crippen molar-refractivity contribution in [2.45, 2.75) is 25.4 Å². The van der Waals surface area contributed by atoms with Crippen molar-refractivity contribution >= 4 is 15.9 Å². The quantitative estimate of drug-likeness (QED) is 0.843. The second kappa shape index (κ2) is 4.90. The maximum Gasteiger partial charge on any atom is 0.200 e. The summed E-state index contributed by atoms with van der Waals surface area (Å²) in [7, 11) is 0. The molecule has 1 saturated carbocycles. The maximum absolute atomic E-state index is 13.5. The molecule has 0 radical (unpaired) electrons. The van der Waals surface area contributed by atoms with Gasteiger partial charge in [-0.25, -0.2) is 4.39 Å². The van der Waals surface area contributed by atoms with Crippen LogP contribution < -0.4 is 10.1 Å². The molecule has 0 aromatic heterocycles. The normalized spacial score (nSPS) is 16.9. The van der Waals surface area contributed by atoms with Crippen LogP contribution in [0.15, 0.2) is 16.6 Å². The monoisotopic (exact) mass is 305 g/mol. The summed E-state index contributed by atoms with van der Waals surface area (Å²) in [5, 5.41) is 3.17. The minimum atomic E-state index is -0.920. The lowest BCUT2D eigenvalue weighted by Crippen LogP contribution is -2.33. The van der Waals surface area contributed by atoms with Crippen molar-refractivity contribution < 1.29 is 13.5 Å². The number of ether oxygens (including phenoxy) is 1. The molecule has 0 amide bonds. The van der Waals surface area contributed by atoms with Gasteiger partial charge >= 0.3 is 0 Å². The zero-order chi connectivity index (χ0) is 12.5. The molecule has 1 aromatic carbocycles. The van der Waals surface area contributed by atoms with Crippen molar-refractivity contribution in [2.75, 3.05) is 13.1 Å². The number of benzene rings is 1. The second-order valence-electron chi connectivity index (χ2n) is 4.27. The van der Waals surface area contributed by atoms with Crippen LogP contribution in [0.4, 0.5) is 8.78 Å². The molecule has 17 heavy (non-hydrogen) atoms. The molecule has 0 saturated heterocycles. The fraction of sp³-hybridized carbons (Fsp3) is 0.500. The molecule has 1 N–H and O–H groups in total. The fourth-order valence-corrected chi connectivity index (χ4v) is 2.06. The number of rotatable bonds is 5. The topological polar surface area (TPSA) is 21.3 Å². The Morgan fingerprint density at radius 2 is 2.12 bits per heavy atom. The van der Waals surface area contributed by atoms with Crippen LogP contribution in [-0.2, 0) is 0 Å². The number of halogens is 3. The number of likely N-dealkylation sites (N-methyl/N-ethyl adjacent to an activating group) is 1. The Balaban J connectivity index is 2.13. The summed E-state index contributed by atoms with van der Waals surface area (Å²) in [5.41, 5.74) is -0.357. The van der Waals surface area contributed by atoms with Crippen LogP contribution in [-0.4, -0.2) is 18.7 Å². The maximum atomic E-state index is 13.5. The Morgan fingerprint density at radius 3 is 2.71 bits per heavy atom. The molecular weight excluding hydrogens is 292 g/mol. The minimum Gasteiger partial charge on any atom is -0.483 e. The highest BCUT2D eigenvalue weighted by molar-refractivity contribution is 9.10. The number of nitrogens with one attached hydrogen (secondary N) is 1. The molecule has 2 nitrogen and oxygen atoms in total. The van der Waals surface area contributed by atoms with Crippen LogP contribution in [0.2, 0.25) is 0 Å². The molecule has 1 aliphatic carbocycles. The molecule has 0 bridgehead atoms. The van der Waals surface area contributed by atoms with Gasteiger partial charge in [0.15, 0.2) is 11.6 Å². The molecule has 5 heteroatoms. The average molecular weight is 306 g/mol. The lowest BCUT2D eigenvalue weighted by Gasteiger charge is -2.19. The van der Waals surface area contributed by atoms with Crippen LogP contribution in [0.5, 0.6) is 5.75 Å². The zero-order valence-corrected chi connectivity index (χ0v) is 11.1. The first-order chi connectivity index (χ1) is 8.06. The van der Waals surface area contributed by atoms with Gasteiger partial charge in [0, 0.05) is 11.0 Å². The van der Waals surface area contributed by atoms with Crippen molar-refractivity contribution in [3.05, 3.63) is 28.2 Å². The predicted octanol–water partition coefficient (Wildman–Crippen LogP) is 3.25. The summed E-state index contributed by atoms with van der Waals surface area (Å²) >= 11 is 3.13. The van der Waals surface area contributed by atoms with E-state index in [1.165, 1.54) is 6.07 Å². The van der Waals surface area contributed by atoms with Crippen molar-refractivity contribution in [3.63, 3.8) is 0 Å². The van der Waals surface area contributed by atoms with Gasteiger partial charge in [-0.3, -0.25) is 0 Å². The third kappa shape index (κ3) is 2.96. The van der Waals surface area contributed by atoms with E-state index in [4.69, 9.17) is 4.74 Å². The summed E-state index contributed by atoms with van der Waals surface area (Å²) in [4.78, 5) is 0. The molecule has 1 aliphatic rings. The molecule has 1 aromatic rings. The SMILES string of the molecule is CCNCC1(Oc2cc(Br)cc(F)c2F)CC1.